The SMILES string of the molecule is NC(=NO)C1(C(=O)NCCCS(N)(=O)=O)CCCCCC1. The van der Waals surface area contributed by atoms with E-state index in [0.717, 1.165) is 25.7 Å². The Hall–Kier alpha value is -1.35. The van der Waals surface area contributed by atoms with Crippen LogP contribution in [0.5, 0.6) is 0 Å². The van der Waals surface area contributed by atoms with E-state index in [1.54, 1.807) is 0 Å². The molecule has 0 aromatic carbocycles. The van der Waals surface area contributed by atoms with Gasteiger partial charge in [-0.1, -0.05) is 30.8 Å². The van der Waals surface area contributed by atoms with E-state index in [1.807, 2.05) is 0 Å². The zero-order valence-corrected chi connectivity index (χ0v) is 12.9. The van der Waals surface area contributed by atoms with Gasteiger partial charge in [0.2, 0.25) is 15.9 Å². The standard InChI is InChI=1S/C12H24N4O4S/c13-10(16-18)12(6-3-1-2-4-7-12)11(17)15-8-5-9-21(14,19)20/h18H,1-9H2,(H2,13,16)(H,15,17)(H2,14,19,20). The average molecular weight is 320 g/mol. The van der Waals surface area contributed by atoms with E-state index in [2.05, 4.69) is 10.5 Å². The molecule has 9 heteroatoms. The largest absolute Gasteiger partial charge is 0.409 e. The minimum Gasteiger partial charge on any atom is -0.409 e. The number of hydrogen-bond donors (Lipinski definition) is 4. The molecule has 0 aromatic heterocycles. The highest BCUT2D eigenvalue weighted by Crippen LogP contribution is 2.35. The smallest absolute Gasteiger partial charge is 0.233 e. The minimum atomic E-state index is -3.53. The van der Waals surface area contributed by atoms with E-state index >= 15 is 0 Å². The zero-order chi connectivity index (χ0) is 15.9. The number of carbonyl (C=O) groups is 1. The Morgan fingerprint density at radius 1 is 1.24 bits per heavy atom. The normalized spacial score (nSPS) is 19.8. The Balaban J connectivity index is 2.68. The quantitative estimate of drug-likeness (QED) is 0.134. The van der Waals surface area contributed by atoms with Gasteiger partial charge in [-0.15, -0.1) is 0 Å². The molecule has 0 heterocycles. The molecule has 1 aliphatic carbocycles. The van der Waals surface area contributed by atoms with Crippen LogP contribution in [-0.4, -0.2) is 37.7 Å². The molecule has 21 heavy (non-hydrogen) atoms. The number of nitrogens with one attached hydrogen (secondary N) is 1. The lowest BCUT2D eigenvalue weighted by Gasteiger charge is -2.29. The number of amides is 1. The fourth-order valence-corrected chi connectivity index (χ4v) is 3.22. The van der Waals surface area contributed by atoms with Crippen LogP contribution in [0.15, 0.2) is 5.16 Å². The van der Waals surface area contributed by atoms with Gasteiger partial charge in [-0.3, -0.25) is 4.79 Å². The number of oxime groups is 1. The fourth-order valence-electron chi connectivity index (χ4n) is 2.67. The Morgan fingerprint density at radius 3 is 2.29 bits per heavy atom. The van der Waals surface area contributed by atoms with Crippen LogP contribution in [0.4, 0.5) is 0 Å². The summed E-state index contributed by atoms with van der Waals surface area (Å²) in [6.45, 7) is 0.190. The highest BCUT2D eigenvalue weighted by atomic mass is 32.2. The average Bonchev–Trinajstić information content (AvgIpc) is 2.68. The van der Waals surface area contributed by atoms with Crippen molar-refractivity contribution in [2.24, 2.45) is 21.4 Å². The third-order valence-corrected chi connectivity index (χ3v) is 4.74. The van der Waals surface area contributed by atoms with Crippen molar-refractivity contribution in [1.29, 1.82) is 0 Å². The second-order valence-electron chi connectivity index (χ2n) is 5.46. The van der Waals surface area contributed by atoms with E-state index in [1.165, 1.54) is 0 Å². The van der Waals surface area contributed by atoms with E-state index in [0.29, 0.717) is 12.8 Å². The van der Waals surface area contributed by atoms with Gasteiger partial charge < -0.3 is 16.3 Å². The number of amidine groups is 1. The van der Waals surface area contributed by atoms with Crippen LogP contribution in [0.1, 0.15) is 44.9 Å². The number of rotatable bonds is 6. The van der Waals surface area contributed by atoms with Gasteiger partial charge in [0, 0.05) is 6.54 Å². The van der Waals surface area contributed by atoms with Crippen molar-refractivity contribution in [2.75, 3.05) is 12.3 Å². The van der Waals surface area contributed by atoms with Gasteiger partial charge >= 0.3 is 0 Å². The van der Waals surface area contributed by atoms with Crippen molar-refractivity contribution < 1.29 is 18.4 Å². The second-order valence-corrected chi connectivity index (χ2v) is 7.19. The molecule has 1 aliphatic rings. The molecule has 0 bridgehead atoms. The van der Waals surface area contributed by atoms with Crippen LogP contribution >= 0.6 is 0 Å². The molecule has 0 atom stereocenters. The summed E-state index contributed by atoms with van der Waals surface area (Å²) in [5.74, 6) is -0.577. The Bertz CT molecular complexity index is 481. The molecule has 0 aromatic rings. The number of sulfonamides is 1. The number of nitrogens with two attached hydrogens (primary N) is 2. The number of hydrogen-bond acceptors (Lipinski definition) is 5. The topological polar surface area (TPSA) is 148 Å². The van der Waals surface area contributed by atoms with Gasteiger partial charge in [0.1, 0.15) is 5.41 Å². The molecule has 8 nitrogen and oxygen atoms in total. The van der Waals surface area contributed by atoms with Crippen molar-refractivity contribution >= 4 is 21.8 Å². The highest BCUT2D eigenvalue weighted by Gasteiger charge is 2.42. The molecule has 0 unspecified atom stereocenters. The fraction of sp³-hybridized carbons (Fsp3) is 0.833. The summed E-state index contributed by atoms with van der Waals surface area (Å²) in [6.07, 6.45) is 4.99. The first-order chi connectivity index (χ1) is 9.82. The van der Waals surface area contributed by atoms with Crippen molar-refractivity contribution in [2.45, 2.75) is 44.9 Å². The number of primary sulfonamides is 1. The molecular weight excluding hydrogens is 296 g/mol. The predicted octanol–water partition coefficient (Wildman–Crippen LogP) is -0.132. The molecule has 6 N–H and O–H groups in total. The molecular formula is C12H24N4O4S. The summed E-state index contributed by atoms with van der Waals surface area (Å²) in [6, 6.07) is 0. The van der Waals surface area contributed by atoms with E-state index in [4.69, 9.17) is 16.1 Å². The monoisotopic (exact) mass is 320 g/mol. The predicted molar refractivity (Wildman–Crippen MR) is 79.1 cm³/mol. The van der Waals surface area contributed by atoms with Crippen molar-refractivity contribution in [3.8, 4) is 0 Å². The first kappa shape index (κ1) is 17.7. The van der Waals surface area contributed by atoms with Crippen LogP contribution in [0.2, 0.25) is 0 Å². The molecule has 0 radical (unpaired) electrons. The minimum absolute atomic E-state index is 0.0756. The second kappa shape index (κ2) is 7.60. The molecule has 1 saturated carbocycles. The van der Waals surface area contributed by atoms with Crippen LogP contribution < -0.4 is 16.2 Å². The van der Waals surface area contributed by atoms with Crippen molar-refractivity contribution in [3.63, 3.8) is 0 Å². The van der Waals surface area contributed by atoms with Gasteiger partial charge in [0.15, 0.2) is 5.84 Å². The summed E-state index contributed by atoms with van der Waals surface area (Å²) >= 11 is 0. The molecule has 1 amide bonds. The highest BCUT2D eigenvalue weighted by molar-refractivity contribution is 7.89. The summed E-state index contributed by atoms with van der Waals surface area (Å²) < 4.78 is 21.7. The molecule has 0 spiro atoms. The third kappa shape index (κ3) is 5.16. The van der Waals surface area contributed by atoms with Gasteiger partial charge in [-0.25, -0.2) is 13.6 Å². The van der Waals surface area contributed by atoms with Gasteiger partial charge in [-0.05, 0) is 19.3 Å². The number of carbonyl (C=O) groups excluding carboxylic acids is 1. The maximum absolute atomic E-state index is 12.4. The molecule has 0 saturated heterocycles. The van der Waals surface area contributed by atoms with E-state index in [9.17, 15) is 13.2 Å². The van der Waals surface area contributed by atoms with Crippen molar-refractivity contribution in [3.05, 3.63) is 0 Å². The Morgan fingerprint density at radius 2 is 1.81 bits per heavy atom. The lowest BCUT2D eigenvalue weighted by Crippen LogP contribution is -2.50. The lowest BCUT2D eigenvalue weighted by molar-refractivity contribution is -0.128. The molecule has 1 rings (SSSR count). The summed E-state index contributed by atoms with van der Waals surface area (Å²) in [5, 5.41) is 19.6. The van der Waals surface area contributed by atoms with Crippen molar-refractivity contribution in [1.82, 2.24) is 5.32 Å². The van der Waals surface area contributed by atoms with Crippen LogP contribution in [0, 0.1) is 5.41 Å². The summed E-state index contributed by atoms with van der Waals surface area (Å²) in [5.41, 5.74) is 4.76. The summed E-state index contributed by atoms with van der Waals surface area (Å²) in [7, 11) is -3.53. The van der Waals surface area contributed by atoms with Crippen LogP contribution in [0.25, 0.3) is 0 Å². The number of nitrogens with zero attached hydrogens (tertiary/aromatic N) is 1. The summed E-state index contributed by atoms with van der Waals surface area (Å²) in [4.78, 5) is 12.4. The van der Waals surface area contributed by atoms with E-state index in [-0.39, 0.29) is 30.5 Å². The maximum atomic E-state index is 12.4. The van der Waals surface area contributed by atoms with E-state index < -0.39 is 15.4 Å². The molecule has 0 aliphatic heterocycles. The third-order valence-electron chi connectivity index (χ3n) is 3.88. The molecule has 122 valence electrons. The Labute approximate surface area is 125 Å². The lowest BCUT2D eigenvalue weighted by atomic mass is 9.78. The van der Waals surface area contributed by atoms with Gasteiger partial charge in [0.25, 0.3) is 0 Å². The first-order valence-corrected chi connectivity index (χ1v) is 8.80. The van der Waals surface area contributed by atoms with Crippen LogP contribution in [-0.2, 0) is 14.8 Å². The zero-order valence-electron chi connectivity index (χ0n) is 12.0. The maximum Gasteiger partial charge on any atom is 0.233 e. The molecule has 1 fully saturated rings. The van der Waals surface area contributed by atoms with Gasteiger partial charge in [-0.2, -0.15) is 0 Å². The Kier molecular flexibility index (Phi) is 6.41. The first-order valence-electron chi connectivity index (χ1n) is 7.08. The van der Waals surface area contributed by atoms with Gasteiger partial charge in [0.05, 0.1) is 5.75 Å². The van der Waals surface area contributed by atoms with Crippen LogP contribution in [0.3, 0.4) is 0 Å².